The van der Waals surface area contributed by atoms with Crippen LogP contribution in [0.1, 0.15) is 61.8 Å². The third kappa shape index (κ3) is 6.49. The van der Waals surface area contributed by atoms with Gasteiger partial charge in [0, 0.05) is 21.6 Å². The SMILES string of the molecule is CC1[C@@H](C)CC(C#N)N1C(=O)C(CS(=O)C(C)(C)C)NC(=O)OC(C)(C)C. The molecule has 1 aliphatic heterocycles. The Morgan fingerprint density at radius 2 is 1.81 bits per heavy atom. The number of alkyl carbamates (subject to hydrolysis) is 1. The van der Waals surface area contributed by atoms with E-state index in [2.05, 4.69) is 11.4 Å². The van der Waals surface area contributed by atoms with Crippen molar-refractivity contribution in [3.63, 3.8) is 0 Å². The van der Waals surface area contributed by atoms with Crippen molar-refractivity contribution >= 4 is 22.8 Å². The van der Waals surface area contributed by atoms with Crippen molar-refractivity contribution < 1.29 is 18.5 Å². The number of hydrogen-bond acceptors (Lipinski definition) is 5. The minimum Gasteiger partial charge on any atom is -0.444 e. The summed E-state index contributed by atoms with van der Waals surface area (Å²) >= 11 is 0. The summed E-state index contributed by atoms with van der Waals surface area (Å²) in [6.45, 7) is 14.5. The van der Waals surface area contributed by atoms with Gasteiger partial charge in [0.2, 0.25) is 5.91 Å². The van der Waals surface area contributed by atoms with Crippen molar-refractivity contribution in [1.82, 2.24) is 10.2 Å². The second-order valence-electron chi connectivity index (χ2n) is 9.17. The Morgan fingerprint density at radius 1 is 1.26 bits per heavy atom. The van der Waals surface area contributed by atoms with E-state index in [1.54, 1.807) is 20.8 Å². The van der Waals surface area contributed by atoms with Crippen LogP contribution in [0.3, 0.4) is 0 Å². The zero-order valence-corrected chi connectivity index (χ0v) is 18.5. The summed E-state index contributed by atoms with van der Waals surface area (Å²) < 4.78 is 17.4. The summed E-state index contributed by atoms with van der Waals surface area (Å²) in [5.74, 6) is -0.243. The maximum atomic E-state index is 13.2. The summed E-state index contributed by atoms with van der Waals surface area (Å²) in [5, 5.41) is 12.0. The average molecular weight is 400 g/mol. The smallest absolute Gasteiger partial charge is 0.408 e. The van der Waals surface area contributed by atoms with Gasteiger partial charge in [-0.2, -0.15) is 5.26 Å². The standard InChI is InChI=1S/C19H33N3O4S/c1-12-9-14(10-20)22(13(12)2)16(23)15(11-27(25)19(6,7)8)21-17(24)26-18(3,4)5/h12-15H,9,11H2,1-8H3,(H,21,24)/t12-,13?,14?,15?,27?/m0/s1. The molecule has 7 nitrogen and oxygen atoms in total. The summed E-state index contributed by atoms with van der Waals surface area (Å²) in [6.07, 6.45) is -0.148. The molecule has 8 heteroatoms. The van der Waals surface area contributed by atoms with Gasteiger partial charge in [-0.1, -0.05) is 6.92 Å². The van der Waals surface area contributed by atoms with Crippen molar-refractivity contribution in [2.24, 2.45) is 5.92 Å². The van der Waals surface area contributed by atoms with Gasteiger partial charge in [-0.05, 0) is 60.8 Å². The van der Waals surface area contributed by atoms with E-state index < -0.39 is 39.3 Å². The van der Waals surface area contributed by atoms with E-state index in [1.807, 2.05) is 34.6 Å². The number of hydrogen-bond donors (Lipinski definition) is 1. The van der Waals surface area contributed by atoms with Crippen LogP contribution in [0.15, 0.2) is 0 Å². The lowest BCUT2D eigenvalue weighted by Gasteiger charge is -2.32. The number of likely N-dealkylation sites (tertiary alicyclic amines) is 1. The number of nitriles is 1. The molecule has 0 spiro atoms. The zero-order chi connectivity index (χ0) is 21.2. The molecular formula is C19H33N3O4S. The number of amides is 2. The monoisotopic (exact) mass is 399 g/mol. The number of carbonyl (C=O) groups excluding carboxylic acids is 2. The van der Waals surface area contributed by atoms with Gasteiger partial charge >= 0.3 is 6.09 Å². The van der Waals surface area contributed by atoms with Crippen molar-refractivity contribution in [1.29, 1.82) is 5.26 Å². The first-order valence-corrected chi connectivity index (χ1v) is 10.6. The Morgan fingerprint density at radius 3 is 2.26 bits per heavy atom. The van der Waals surface area contributed by atoms with Crippen LogP contribution < -0.4 is 5.32 Å². The number of nitrogens with one attached hydrogen (secondary N) is 1. The molecule has 0 radical (unpaired) electrons. The van der Waals surface area contributed by atoms with E-state index in [0.717, 1.165) is 0 Å². The van der Waals surface area contributed by atoms with Gasteiger partial charge in [0.25, 0.3) is 0 Å². The van der Waals surface area contributed by atoms with E-state index in [-0.39, 0.29) is 23.6 Å². The van der Waals surface area contributed by atoms with E-state index in [1.165, 1.54) is 4.90 Å². The van der Waals surface area contributed by atoms with Gasteiger partial charge in [0.05, 0.1) is 11.8 Å². The van der Waals surface area contributed by atoms with Gasteiger partial charge in [-0.25, -0.2) is 4.79 Å². The predicted molar refractivity (Wildman–Crippen MR) is 105 cm³/mol. The van der Waals surface area contributed by atoms with Gasteiger partial charge in [0.1, 0.15) is 17.7 Å². The summed E-state index contributed by atoms with van der Waals surface area (Å²) in [4.78, 5) is 27.0. The van der Waals surface area contributed by atoms with E-state index >= 15 is 0 Å². The number of ether oxygens (including phenoxy) is 1. The fraction of sp³-hybridized carbons (Fsp3) is 0.842. The molecule has 5 atom stereocenters. The number of carbonyl (C=O) groups is 2. The van der Waals surface area contributed by atoms with E-state index in [9.17, 15) is 19.1 Å². The summed E-state index contributed by atoms with van der Waals surface area (Å²) in [7, 11) is -1.36. The lowest BCUT2D eigenvalue weighted by molar-refractivity contribution is -0.134. The second kappa shape index (κ2) is 8.59. The van der Waals surface area contributed by atoms with Crippen LogP contribution >= 0.6 is 0 Å². The van der Waals surface area contributed by atoms with Gasteiger partial charge < -0.3 is 15.0 Å². The van der Waals surface area contributed by atoms with E-state index in [4.69, 9.17) is 4.74 Å². The molecule has 1 aliphatic rings. The molecule has 1 fully saturated rings. The zero-order valence-electron chi connectivity index (χ0n) is 17.7. The molecule has 4 unspecified atom stereocenters. The lowest BCUT2D eigenvalue weighted by atomic mass is 10.0. The maximum Gasteiger partial charge on any atom is 0.408 e. The Kier molecular flexibility index (Phi) is 7.45. The van der Waals surface area contributed by atoms with Crippen molar-refractivity contribution in [2.75, 3.05) is 5.75 Å². The van der Waals surface area contributed by atoms with Crippen LogP contribution in [0.5, 0.6) is 0 Å². The molecule has 0 saturated carbocycles. The molecule has 1 heterocycles. The van der Waals surface area contributed by atoms with Crippen LogP contribution in [0, 0.1) is 17.2 Å². The quantitative estimate of drug-likeness (QED) is 0.783. The normalized spacial score (nSPS) is 25.4. The third-order valence-electron chi connectivity index (χ3n) is 4.59. The van der Waals surface area contributed by atoms with Gasteiger partial charge in [-0.15, -0.1) is 0 Å². The molecule has 0 aromatic heterocycles. The lowest BCUT2D eigenvalue weighted by Crippen LogP contribution is -2.55. The van der Waals surface area contributed by atoms with Crippen molar-refractivity contribution in [3.8, 4) is 6.07 Å². The Labute approximate surface area is 165 Å². The Bertz CT molecular complexity index is 630. The van der Waals surface area contributed by atoms with Crippen molar-refractivity contribution in [2.45, 2.75) is 90.3 Å². The third-order valence-corrected chi connectivity index (χ3v) is 6.59. The highest BCUT2D eigenvalue weighted by Gasteiger charge is 2.43. The fourth-order valence-corrected chi connectivity index (χ4v) is 3.92. The topological polar surface area (TPSA) is 99.5 Å². The summed E-state index contributed by atoms with van der Waals surface area (Å²) in [6, 6.07) is 0.481. The predicted octanol–water partition coefficient (Wildman–Crippen LogP) is 2.58. The van der Waals surface area contributed by atoms with Crippen molar-refractivity contribution in [3.05, 3.63) is 0 Å². The van der Waals surface area contributed by atoms with Gasteiger partial charge in [0.15, 0.2) is 0 Å². The molecule has 2 amide bonds. The molecule has 0 aromatic rings. The molecule has 27 heavy (non-hydrogen) atoms. The maximum absolute atomic E-state index is 13.2. The molecular weight excluding hydrogens is 366 g/mol. The first kappa shape index (κ1) is 23.4. The average Bonchev–Trinajstić information content (AvgIpc) is 2.77. The molecule has 0 aliphatic carbocycles. The molecule has 154 valence electrons. The first-order valence-electron chi connectivity index (χ1n) is 9.27. The number of rotatable bonds is 4. The Balaban J connectivity index is 3.09. The molecule has 1 saturated heterocycles. The fourth-order valence-electron chi connectivity index (χ4n) is 2.90. The molecule has 1 N–H and O–H groups in total. The first-order chi connectivity index (χ1) is 12.2. The van der Waals surface area contributed by atoms with Crippen LogP contribution in [0.4, 0.5) is 4.79 Å². The highest BCUT2D eigenvalue weighted by atomic mass is 32.2. The van der Waals surface area contributed by atoms with E-state index in [0.29, 0.717) is 6.42 Å². The van der Waals surface area contributed by atoms with Crippen LogP contribution in [0.25, 0.3) is 0 Å². The van der Waals surface area contributed by atoms with Crippen LogP contribution in [0.2, 0.25) is 0 Å². The van der Waals surface area contributed by atoms with Gasteiger partial charge in [-0.3, -0.25) is 9.00 Å². The molecule has 0 aromatic carbocycles. The largest absolute Gasteiger partial charge is 0.444 e. The minimum absolute atomic E-state index is 0.0304. The minimum atomic E-state index is -1.36. The Hall–Kier alpha value is -1.62. The second-order valence-corrected chi connectivity index (χ2v) is 11.4. The van der Waals surface area contributed by atoms with Crippen LogP contribution in [-0.2, 0) is 20.3 Å². The highest BCUT2D eigenvalue weighted by Crippen LogP contribution is 2.30. The number of nitrogens with zero attached hydrogens (tertiary/aromatic N) is 2. The van der Waals surface area contributed by atoms with Crippen LogP contribution in [-0.4, -0.2) is 55.3 Å². The highest BCUT2D eigenvalue weighted by molar-refractivity contribution is 7.86. The molecule has 1 rings (SSSR count). The summed E-state index contributed by atoms with van der Waals surface area (Å²) in [5.41, 5.74) is -0.717. The molecule has 0 bridgehead atoms.